The zero-order valence-electron chi connectivity index (χ0n) is 14.2. The van der Waals surface area contributed by atoms with Crippen molar-refractivity contribution in [2.75, 3.05) is 6.61 Å². The molecule has 1 atom stereocenters. The molecule has 2 amide bonds. The molecule has 23 heavy (non-hydrogen) atoms. The summed E-state index contributed by atoms with van der Waals surface area (Å²) < 4.78 is 12.6. The van der Waals surface area contributed by atoms with Crippen LogP contribution in [0.3, 0.4) is 0 Å². The Morgan fingerprint density at radius 1 is 1.30 bits per heavy atom. The van der Waals surface area contributed by atoms with Gasteiger partial charge in [-0.25, -0.2) is 4.39 Å². The average Bonchev–Trinajstić information content (AvgIpc) is 2.43. The molecule has 0 radical (unpaired) electrons. The van der Waals surface area contributed by atoms with Crippen molar-refractivity contribution in [3.63, 3.8) is 0 Å². The summed E-state index contributed by atoms with van der Waals surface area (Å²) in [6.45, 7) is 8.93. The van der Waals surface area contributed by atoms with Gasteiger partial charge in [0, 0.05) is 17.5 Å². The summed E-state index contributed by atoms with van der Waals surface area (Å²) in [5.41, 5.74) is -2.14. The third-order valence-electron chi connectivity index (χ3n) is 3.91. The summed E-state index contributed by atoms with van der Waals surface area (Å²) in [6.07, 6.45) is -1.53. The lowest BCUT2D eigenvalue weighted by atomic mass is 9.82. The van der Waals surface area contributed by atoms with Crippen molar-refractivity contribution >= 4 is 17.5 Å². The molecule has 0 aromatic carbocycles. The van der Waals surface area contributed by atoms with Crippen LogP contribution in [0.5, 0.6) is 0 Å². The second-order valence-electron chi connectivity index (χ2n) is 6.87. The summed E-state index contributed by atoms with van der Waals surface area (Å²) in [5, 5.41) is 29.1. The monoisotopic (exact) mass is 330 g/mol. The molecule has 0 aliphatic carbocycles. The van der Waals surface area contributed by atoms with Crippen LogP contribution < -0.4 is 5.32 Å². The molecule has 0 heterocycles. The van der Waals surface area contributed by atoms with E-state index in [4.69, 9.17) is 10.5 Å². The van der Waals surface area contributed by atoms with E-state index in [1.807, 2.05) is 0 Å². The number of aliphatic hydroxyl groups is 2. The Labute approximate surface area is 136 Å². The highest BCUT2D eigenvalue weighted by Gasteiger charge is 2.37. The van der Waals surface area contributed by atoms with E-state index in [-0.39, 0.29) is 31.6 Å². The highest BCUT2D eigenvalue weighted by atomic mass is 19.1. The van der Waals surface area contributed by atoms with Gasteiger partial charge < -0.3 is 15.6 Å². The van der Waals surface area contributed by atoms with Crippen LogP contribution in [0.1, 0.15) is 47.0 Å². The van der Waals surface area contributed by atoms with Crippen LogP contribution in [0.2, 0.25) is 0 Å². The smallest absolute Gasteiger partial charge is 0.234 e. The van der Waals surface area contributed by atoms with E-state index in [1.165, 1.54) is 13.8 Å². The second-order valence-corrected chi connectivity index (χ2v) is 6.87. The van der Waals surface area contributed by atoms with E-state index in [0.717, 1.165) is 0 Å². The van der Waals surface area contributed by atoms with Gasteiger partial charge in [0.1, 0.15) is 0 Å². The number of rotatable bonds is 9. The maximum Gasteiger partial charge on any atom is 0.234 e. The molecule has 0 aromatic rings. The van der Waals surface area contributed by atoms with E-state index in [9.17, 15) is 19.1 Å². The van der Waals surface area contributed by atoms with Crippen molar-refractivity contribution in [2.45, 2.75) is 53.1 Å². The Hall–Kier alpha value is -1.60. The Morgan fingerprint density at radius 2 is 1.83 bits per heavy atom. The van der Waals surface area contributed by atoms with E-state index in [2.05, 4.69) is 11.9 Å². The van der Waals surface area contributed by atoms with E-state index < -0.39 is 34.6 Å². The number of halogens is 1. The van der Waals surface area contributed by atoms with Gasteiger partial charge in [-0.05, 0) is 20.3 Å². The molecule has 0 saturated heterocycles. The molecule has 0 bridgehead atoms. The number of amides is 2. The quantitative estimate of drug-likeness (QED) is 0.482. The van der Waals surface area contributed by atoms with Gasteiger partial charge in [-0.1, -0.05) is 20.4 Å². The predicted molar refractivity (Wildman–Crippen MR) is 85.6 cm³/mol. The minimum Gasteiger partial charge on any atom is -0.395 e. The normalized spacial score (nSPS) is 13.3. The second kappa shape index (κ2) is 8.31. The van der Waals surface area contributed by atoms with Gasteiger partial charge in [0.2, 0.25) is 11.8 Å². The minimum atomic E-state index is -1.29. The third-order valence-corrected chi connectivity index (χ3v) is 3.91. The first kappa shape index (κ1) is 21.4. The fourth-order valence-electron chi connectivity index (χ4n) is 1.63. The summed E-state index contributed by atoms with van der Waals surface area (Å²) >= 11 is 0. The predicted octanol–water partition coefficient (Wildman–Crippen LogP) is 1.71. The Morgan fingerprint density at radius 3 is 2.26 bits per heavy atom. The van der Waals surface area contributed by atoms with Crippen molar-refractivity contribution in [1.29, 1.82) is 5.41 Å². The maximum absolute atomic E-state index is 12.6. The lowest BCUT2D eigenvalue weighted by Gasteiger charge is -2.29. The number of hydrogen-bond acceptors (Lipinski definition) is 5. The lowest BCUT2D eigenvalue weighted by Crippen LogP contribution is -2.47. The van der Waals surface area contributed by atoms with Gasteiger partial charge in [0.15, 0.2) is 0 Å². The number of carbonyl (C=O) groups excluding carboxylic acids is 2. The van der Waals surface area contributed by atoms with Crippen molar-refractivity contribution in [3.8, 4) is 0 Å². The molecular formula is C16H27FN2O4. The van der Waals surface area contributed by atoms with Gasteiger partial charge in [-0.3, -0.25) is 14.9 Å². The van der Waals surface area contributed by atoms with Crippen molar-refractivity contribution in [2.24, 2.45) is 10.8 Å². The zero-order chi connectivity index (χ0) is 18.4. The molecule has 0 saturated carbocycles. The summed E-state index contributed by atoms with van der Waals surface area (Å²) in [6, 6.07) is 0. The SMILES string of the molecule is C=C(F)CCC(O)C(C)(C)C(=O)NC(=O)CC(=N)C(C)(C)CO. The molecule has 7 heteroatoms. The van der Waals surface area contributed by atoms with Crippen LogP contribution in [0.15, 0.2) is 12.4 Å². The topological polar surface area (TPSA) is 110 Å². The first-order valence-electron chi connectivity index (χ1n) is 7.39. The summed E-state index contributed by atoms with van der Waals surface area (Å²) in [5.74, 6) is -1.97. The standard InChI is InChI=1S/C16H27FN2O4/c1-10(17)6-7-12(21)16(4,5)14(23)19-13(22)8-11(18)15(2,3)9-20/h12,18,20-21H,1,6-9H2,2-5H3,(H,19,22,23). The first-order valence-corrected chi connectivity index (χ1v) is 7.39. The number of imide groups is 1. The van der Waals surface area contributed by atoms with Gasteiger partial charge in [-0.2, -0.15) is 0 Å². The molecular weight excluding hydrogens is 303 g/mol. The largest absolute Gasteiger partial charge is 0.395 e. The Bertz CT molecular complexity index is 486. The minimum absolute atomic E-state index is 0.00242. The molecule has 132 valence electrons. The zero-order valence-corrected chi connectivity index (χ0v) is 14.2. The van der Waals surface area contributed by atoms with Crippen molar-refractivity contribution in [3.05, 3.63) is 12.4 Å². The number of aliphatic hydroxyl groups excluding tert-OH is 2. The van der Waals surface area contributed by atoms with Crippen molar-refractivity contribution < 1.29 is 24.2 Å². The molecule has 0 aromatic heterocycles. The van der Waals surface area contributed by atoms with Crippen LogP contribution in [0, 0.1) is 16.2 Å². The van der Waals surface area contributed by atoms with Crippen LogP contribution in [0.4, 0.5) is 4.39 Å². The van der Waals surface area contributed by atoms with Gasteiger partial charge in [0.25, 0.3) is 0 Å². The lowest BCUT2D eigenvalue weighted by molar-refractivity contribution is -0.140. The molecule has 0 spiro atoms. The molecule has 0 aliphatic rings. The highest BCUT2D eigenvalue weighted by molar-refractivity contribution is 6.08. The number of carbonyl (C=O) groups is 2. The van der Waals surface area contributed by atoms with Gasteiger partial charge in [0.05, 0.1) is 30.4 Å². The number of nitrogens with one attached hydrogen (secondary N) is 2. The van der Waals surface area contributed by atoms with E-state index in [1.54, 1.807) is 13.8 Å². The maximum atomic E-state index is 12.6. The molecule has 1 unspecified atom stereocenters. The number of allylic oxidation sites excluding steroid dienone is 1. The first-order chi connectivity index (χ1) is 10.3. The molecule has 4 N–H and O–H groups in total. The van der Waals surface area contributed by atoms with E-state index >= 15 is 0 Å². The Balaban J connectivity index is 4.70. The fourth-order valence-corrected chi connectivity index (χ4v) is 1.63. The fraction of sp³-hybridized carbons (Fsp3) is 0.688. The molecule has 0 rings (SSSR count). The molecule has 6 nitrogen and oxygen atoms in total. The number of hydrogen-bond donors (Lipinski definition) is 4. The van der Waals surface area contributed by atoms with Crippen LogP contribution in [0.25, 0.3) is 0 Å². The van der Waals surface area contributed by atoms with Gasteiger partial charge >= 0.3 is 0 Å². The average molecular weight is 330 g/mol. The van der Waals surface area contributed by atoms with E-state index in [0.29, 0.717) is 0 Å². The highest BCUT2D eigenvalue weighted by Crippen LogP contribution is 2.26. The van der Waals surface area contributed by atoms with Crippen LogP contribution in [-0.2, 0) is 9.59 Å². The molecule has 0 aliphatic heterocycles. The van der Waals surface area contributed by atoms with Gasteiger partial charge in [-0.15, -0.1) is 0 Å². The molecule has 0 fully saturated rings. The van der Waals surface area contributed by atoms with Crippen molar-refractivity contribution in [1.82, 2.24) is 5.32 Å². The Kier molecular flexibility index (Phi) is 7.73. The van der Waals surface area contributed by atoms with Crippen LogP contribution in [-0.4, -0.2) is 40.4 Å². The summed E-state index contributed by atoms with van der Waals surface area (Å²) in [7, 11) is 0. The van der Waals surface area contributed by atoms with Crippen LogP contribution >= 0.6 is 0 Å². The summed E-state index contributed by atoms with van der Waals surface area (Å²) in [4.78, 5) is 24.0. The third kappa shape index (κ3) is 6.58.